The van der Waals surface area contributed by atoms with Crippen LogP contribution < -0.4 is 21.3 Å². The van der Waals surface area contributed by atoms with Crippen LogP contribution in [0.4, 0.5) is 20.3 Å². The molecule has 5 aromatic rings. The van der Waals surface area contributed by atoms with Gasteiger partial charge in [-0.25, -0.2) is 23.4 Å². The Labute approximate surface area is 236 Å². The molecular weight excluding hydrogens is 563 g/mol. The van der Waals surface area contributed by atoms with Crippen LogP contribution in [0.1, 0.15) is 17.8 Å². The second kappa shape index (κ2) is 11.1. The Morgan fingerprint density at radius 3 is 2.45 bits per heavy atom. The summed E-state index contributed by atoms with van der Waals surface area (Å²) < 4.78 is 33.6. The van der Waals surface area contributed by atoms with Crippen molar-refractivity contribution >= 4 is 45.5 Å². The molecule has 0 saturated carbocycles. The van der Waals surface area contributed by atoms with Gasteiger partial charge in [-0.1, -0.05) is 53.5 Å². The number of alkyl halides is 2. The second-order valence-electron chi connectivity index (χ2n) is 8.61. The van der Waals surface area contributed by atoms with Crippen molar-refractivity contribution in [2.24, 2.45) is 12.8 Å². The van der Waals surface area contributed by atoms with Crippen molar-refractivity contribution in [1.82, 2.24) is 24.7 Å². The highest BCUT2D eigenvalue weighted by molar-refractivity contribution is 6.39. The van der Waals surface area contributed by atoms with E-state index in [0.717, 1.165) is 10.7 Å². The minimum atomic E-state index is -2.86. The van der Waals surface area contributed by atoms with Gasteiger partial charge in [0.1, 0.15) is 17.2 Å². The molecule has 5 rings (SSSR count). The van der Waals surface area contributed by atoms with E-state index in [1.807, 2.05) is 0 Å². The maximum atomic E-state index is 13.6. The highest BCUT2D eigenvalue weighted by atomic mass is 35.5. The Morgan fingerprint density at radius 1 is 1.05 bits per heavy atom. The fraction of sp³-hybridized carbons (Fsp3) is 0.148. The van der Waals surface area contributed by atoms with Crippen molar-refractivity contribution < 1.29 is 13.5 Å². The van der Waals surface area contributed by atoms with Gasteiger partial charge in [-0.3, -0.25) is 9.78 Å². The number of ether oxygens (including phenoxy) is 1. The zero-order valence-corrected chi connectivity index (χ0v) is 22.6. The van der Waals surface area contributed by atoms with Crippen LogP contribution >= 0.6 is 23.2 Å². The average Bonchev–Trinajstić information content (AvgIpc) is 2.95. The monoisotopic (exact) mass is 583 g/mol. The van der Waals surface area contributed by atoms with Gasteiger partial charge in [0.25, 0.3) is 12.0 Å². The summed E-state index contributed by atoms with van der Waals surface area (Å²) in [6.07, 6.45) is 0.0201. The van der Waals surface area contributed by atoms with Crippen LogP contribution in [0.25, 0.3) is 33.2 Å². The SMILES string of the molecule is COc1nc(-c2cccc(-c3cccc(Nc4nc(C(F)F)cc5cnn(C)c(=O)c45)c3Cl)c2Cl)cnc1CN. The lowest BCUT2D eigenvalue weighted by Crippen LogP contribution is -2.20. The summed E-state index contributed by atoms with van der Waals surface area (Å²) in [5, 5.41) is 7.79. The molecule has 0 spiro atoms. The van der Waals surface area contributed by atoms with Crippen LogP contribution in [0.3, 0.4) is 0 Å². The first-order chi connectivity index (χ1) is 19.2. The van der Waals surface area contributed by atoms with Crippen molar-refractivity contribution in [3.05, 3.63) is 86.6 Å². The molecule has 0 amide bonds. The number of hydrogen-bond donors (Lipinski definition) is 2. The molecule has 3 N–H and O–H groups in total. The van der Waals surface area contributed by atoms with E-state index < -0.39 is 17.7 Å². The summed E-state index contributed by atoms with van der Waals surface area (Å²) in [4.78, 5) is 25.7. The Balaban J connectivity index is 1.61. The fourth-order valence-electron chi connectivity index (χ4n) is 4.21. The van der Waals surface area contributed by atoms with Crippen LogP contribution in [-0.2, 0) is 13.6 Å². The van der Waals surface area contributed by atoms with E-state index >= 15 is 0 Å². The van der Waals surface area contributed by atoms with Gasteiger partial charge in [0.15, 0.2) is 0 Å². The minimum Gasteiger partial charge on any atom is -0.480 e. The first-order valence-electron chi connectivity index (χ1n) is 11.8. The van der Waals surface area contributed by atoms with E-state index in [9.17, 15) is 13.6 Å². The number of aryl methyl sites for hydroxylation is 1. The van der Waals surface area contributed by atoms with Gasteiger partial charge in [-0.15, -0.1) is 0 Å². The maximum Gasteiger partial charge on any atom is 0.280 e. The summed E-state index contributed by atoms with van der Waals surface area (Å²) in [5.41, 5.74) is 7.69. The minimum absolute atomic E-state index is 0.0722. The first kappa shape index (κ1) is 27.4. The first-order valence-corrected chi connectivity index (χ1v) is 12.6. The highest BCUT2D eigenvalue weighted by Gasteiger charge is 2.20. The second-order valence-corrected chi connectivity index (χ2v) is 9.36. The number of benzene rings is 2. The Kier molecular flexibility index (Phi) is 7.61. The van der Waals surface area contributed by atoms with Crippen LogP contribution in [-0.4, -0.2) is 31.8 Å². The molecule has 0 radical (unpaired) electrons. The van der Waals surface area contributed by atoms with Crippen LogP contribution in [0.2, 0.25) is 10.0 Å². The van der Waals surface area contributed by atoms with Gasteiger partial charge in [0, 0.05) is 35.7 Å². The normalized spacial score (nSPS) is 11.3. The number of hydrogen-bond acceptors (Lipinski definition) is 8. The lowest BCUT2D eigenvalue weighted by Gasteiger charge is -2.16. The number of methoxy groups -OCH3 is 1. The number of aromatic nitrogens is 5. The zero-order chi connectivity index (χ0) is 28.6. The summed E-state index contributed by atoms with van der Waals surface area (Å²) in [6, 6.07) is 11.6. The molecule has 3 heterocycles. The average molecular weight is 584 g/mol. The molecule has 0 aliphatic carbocycles. The number of fused-ring (bicyclic) bond motifs is 1. The van der Waals surface area contributed by atoms with Gasteiger partial charge in [0.2, 0.25) is 5.88 Å². The van der Waals surface area contributed by atoms with Crippen molar-refractivity contribution in [3.8, 4) is 28.3 Å². The molecular formula is C27H21Cl2F2N7O2. The number of nitrogens with zero attached hydrogens (tertiary/aromatic N) is 5. The predicted molar refractivity (Wildman–Crippen MR) is 150 cm³/mol. The molecule has 0 fully saturated rings. The molecule has 0 aliphatic rings. The molecule has 0 atom stereocenters. The van der Waals surface area contributed by atoms with Gasteiger partial charge in [-0.2, -0.15) is 5.10 Å². The van der Waals surface area contributed by atoms with E-state index in [1.54, 1.807) is 42.6 Å². The van der Waals surface area contributed by atoms with E-state index in [0.29, 0.717) is 38.8 Å². The summed E-state index contributed by atoms with van der Waals surface area (Å²) in [7, 11) is 2.93. The number of halogens is 4. The molecule has 0 saturated heterocycles. The Hall–Kier alpha value is -4.19. The molecule has 0 aliphatic heterocycles. The van der Waals surface area contributed by atoms with Gasteiger partial charge in [-0.05, 0) is 12.1 Å². The topological polar surface area (TPSA) is 121 Å². The third-order valence-electron chi connectivity index (χ3n) is 6.19. The van der Waals surface area contributed by atoms with Gasteiger partial charge in [0.05, 0.1) is 46.3 Å². The third-order valence-corrected chi connectivity index (χ3v) is 7.00. The van der Waals surface area contributed by atoms with Crippen LogP contribution in [0, 0.1) is 0 Å². The fourth-order valence-corrected chi connectivity index (χ4v) is 4.81. The van der Waals surface area contributed by atoms with Crippen LogP contribution in [0.5, 0.6) is 5.88 Å². The highest BCUT2D eigenvalue weighted by Crippen LogP contribution is 2.42. The standard InChI is InChI=1S/C27H21Cl2F2N7O2/c1-38-27(39)21-13(11-34-38)9-18(24(30)31)36-25(21)35-17-8-4-6-15(23(17)29)14-5-3-7-16(22(14)28)20-12-33-19(10-32)26(37-20)40-2/h3-9,11-12,24H,10,32H2,1-2H3,(H,35,36). The summed E-state index contributed by atoms with van der Waals surface area (Å²) in [6.45, 7) is 0.159. The molecule has 204 valence electrons. The lowest BCUT2D eigenvalue weighted by atomic mass is 10.0. The zero-order valence-electron chi connectivity index (χ0n) is 21.1. The molecule has 9 nitrogen and oxygen atoms in total. The maximum absolute atomic E-state index is 13.6. The van der Waals surface area contributed by atoms with Gasteiger partial charge < -0.3 is 15.8 Å². The van der Waals surface area contributed by atoms with Gasteiger partial charge >= 0.3 is 0 Å². The van der Waals surface area contributed by atoms with E-state index in [1.165, 1.54) is 20.4 Å². The van der Waals surface area contributed by atoms with E-state index in [4.69, 9.17) is 33.7 Å². The predicted octanol–water partition coefficient (Wildman–Crippen LogP) is 5.91. The van der Waals surface area contributed by atoms with E-state index in [-0.39, 0.29) is 34.0 Å². The molecule has 0 unspecified atom stereocenters. The third kappa shape index (κ3) is 4.94. The number of nitrogens with two attached hydrogens (primary N) is 1. The molecule has 3 aromatic heterocycles. The largest absolute Gasteiger partial charge is 0.480 e. The molecule has 40 heavy (non-hydrogen) atoms. The van der Waals surface area contributed by atoms with E-state index in [2.05, 4.69) is 25.4 Å². The Morgan fingerprint density at radius 2 is 1.75 bits per heavy atom. The number of rotatable bonds is 7. The van der Waals surface area contributed by atoms with Crippen LogP contribution in [0.15, 0.2) is 59.7 Å². The van der Waals surface area contributed by atoms with Crippen molar-refractivity contribution in [3.63, 3.8) is 0 Å². The molecule has 2 aromatic carbocycles. The quantitative estimate of drug-likeness (QED) is 0.242. The van der Waals surface area contributed by atoms with Crippen molar-refractivity contribution in [1.29, 1.82) is 0 Å². The summed E-state index contributed by atoms with van der Waals surface area (Å²) >= 11 is 13.7. The van der Waals surface area contributed by atoms with Crippen molar-refractivity contribution in [2.45, 2.75) is 13.0 Å². The molecule has 0 bridgehead atoms. The number of nitrogens with one attached hydrogen (secondary N) is 1. The molecule has 13 heteroatoms. The van der Waals surface area contributed by atoms with Crippen molar-refractivity contribution in [2.75, 3.05) is 12.4 Å². The summed E-state index contributed by atoms with van der Waals surface area (Å²) in [5.74, 6) is 0.217. The Bertz CT molecular complexity index is 1820. The smallest absolute Gasteiger partial charge is 0.280 e. The number of anilines is 2. The lowest BCUT2D eigenvalue weighted by molar-refractivity contribution is 0.146. The number of pyridine rings is 1.